The minimum absolute atomic E-state index is 0.851. The Labute approximate surface area is 177 Å². The molecule has 5 rings (SSSR count). The van der Waals surface area contributed by atoms with Crippen LogP contribution in [-0.2, 0) is 7.05 Å². The molecular weight excluding hydrogens is 390 g/mol. The molecule has 0 saturated heterocycles. The van der Waals surface area contributed by atoms with Gasteiger partial charge in [0.1, 0.15) is 5.69 Å². The van der Waals surface area contributed by atoms with Crippen molar-refractivity contribution in [2.75, 3.05) is 0 Å². The number of para-hydroxylation sites is 2. The van der Waals surface area contributed by atoms with Crippen LogP contribution in [0.1, 0.15) is 5.56 Å². The van der Waals surface area contributed by atoms with Crippen LogP contribution in [0.5, 0.6) is 0 Å². The number of thiazole rings is 1. The van der Waals surface area contributed by atoms with Gasteiger partial charge in [-0.3, -0.25) is 0 Å². The van der Waals surface area contributed by atoms with E-state index in [2.05, 4.69) is 39.0 Å². The molecule has 6 heteroatoms. The molecule has 0 aliphatic rings. The van der Waals surface area contributed by atoms with E-state index >= 15 is 0 Å². The first-order valence-corrected chi connectivity index (χ1v) is 10.4. The van der Waals surface area contributed by atoms with E-state index in [-0.39, 0.29) is 0 Å². The predicted octanol–water partition coefficient (Wildman–Crippen LogP) is 5.03. The van der Waals surface area contributed by atoms with Crippen LogP contribution in [0.4, 0.5) is 0 Å². The molecule has 146 valence electrons. The molecular formula is C24H19N5S. The van der Waals surface area contributed by atoms with Crippen LogP contribution in [0.25, 0.3) is 27.2 Å². The molecule has 3 aromatic carbocycles. The number of fused-ring (bicyclic) bond motifs is 1. The molecule has 30 heavy (non-hydrogen) atoms. The van der Waals surface area contributed by atoms with Gasteiger partial charge in [0.05, 0.1) is 22.1 Å². The molecule has 0 atom stereocenters. The van der Waals surface area contributed by atoms with Gasteiger partial charge >= 0.3 is 0 Å². The van der Waals surface area contributed by atoms with Crippen molar-refractivity contribution < 1.29 is 0 Å². The maximum atomic E-state index is 4.81. The van der Waals surface area contributed by atoms with Crippen molar-refractivity contribution in [1.82, 2.24) is 14.3 Å². The maximum absolute atomic E-state index is 4.81. The Morgan fingerprint density at radius 3 is 2.33 bits per heavy atom. The number of hydrogen-bond acceptors (Lipinski definition) is 4. The molecule has 2 aromatic heterocycles. The molecule has 0 bridgehead atoms. The second kappa shape index (κ2) is 7.93. The van der Waals surface area contributed by atoms with Crippen LogP contribution >= 0.6 is 11.3 Å². The summed E-state index contributed by atoms with van der Waals surface area (Å²) >= 11 is 1.62. The van der Waals surface area contributed by atoms with Gasteiger partial charge in [-0.1, -0.05) is 72.0 Å². The highest BCUT2D eigenvalue weighted by atomic mass is 32.1. The Bertz CT molecular complexity index is 1390. The fourth-order valence-electron chi connectivity index (χ4n) is 3.33. The summed E-state index contributed by atoms with van der Waals surface area (Å²) in [7, 11) is 2.01. The average Bonchev–Trinajstić information content (AvgIpc) is 3.37. The van der Waals surface area contributed by atoms with Gasteiger partial charge in [-0.05, 0) is 24.3 Å². The monoisotopic (exact) mass is 409 g/mol. The Morgan fingerprint density at radius 2 is 1.57 bits per heavy atom. The van der Waals surface area contributed by atoms with Crippen molar-refractivity contribution in [3.05, 3.63) is 101 Å². The summed E-state index contributed by atoms with van der Waals surface area (Å²) in [5.74, 6) is 0. The lowest BCUT2D eigenvalue weighted by Gasteiger charge is -2.00. The van der Waals surface area contributed by atoms with Crippen LogP contribution in [0.3, 0.4) is 0 Å². The van der Waals surface area contributed by atoms with Crippen molar-refractivity contribution in [3.8, 4) is 16.9 Å². The van der Waals surface area contributed by atoms with Gasteiger partial charge < -0.3 is 4.57 Å². The molecule has 0 amide bonds. The number of aryl methyl sites for hydroxylation is 1. The zero-order valence-corrected chi connectivity index (χ0v) is 17.2. The van der Waals surface area contributed by atoms with Gasteiger partial charge in [-0.15, -0.1) is 5.10 Å². The van der Waals surface area contributed by atoms with E-state index in [1.807, 2.05) is 78.6 Å². The molecule has 5 nitrogen and oxygen atoms in total. The molecule has 0 aliphatic heterocycles. The summed E-state index contributed by atoms with van der Waals surface area (Å²) in [6.07, 6.45) is 3.76. The Hall–Kier alpha value is -3.77. The van der Waals surface area contributed by atoms with E-state index in [0.29, 0.717) is 0 Å². The summed E-state index contributed by atoms with van der Waals surface area (Å²) in [5, 5.41) is 13.7. The number of nitrogens with zero attached hydrogens (tertiary/aromatic N) is 5. The minimum Gasteiger partial charge on any atom is -0.318 e. The van der Waals surface area contributed by atoms with Crippen molar-refractivity contribution in [1.29, 1.82) is 0 Å². The molecule has 0 unspecified atom stereocenters. The van der Waals surface area contributed by atoms with E-state index in [9.17, 15) is 0 Å². The number of benzene rings is 3. The zero-order chi connectivity index (χ0) is 20.3. The van der Waals surface area contributed by atoms with Gasteiger partial charge in [0.15, 0.2) is 0 Å². The smallest absolute Gasteiger partial charge is 0.211 e. The third-order valence-electron chi connectivity index (χ3n) is 4.87. The highest BCUT2D eigenvalue weighted by molar-refractivity contribution is 7.16. The third kappa shape index (κ3) is 3.49. The molecule has 2 heterocycles. The van der Waals surface area contributed by atoms with E-state index in [0.717, 1.165) is 32.8 Å². The Morgan fingerprint density at radius 1 is 0.867 bits per heavy atom. The lowest BCUT2D eigenvalue weighted by atomic mass is 10.1. The Balaban J connectivity index is 1.57. The normalized spacial score (nSPS) is 12.2. The van der Waals surface area contributed by atoms with Gasteiger partial charge in [0, 0.05) is 24.4 Å². The summed E-state index contributed by atoms with van der Waals surface area (Å²) in [5.41, 5.74) is 4.98. The summed E-state index contributed by atoms with van der Waals surface area (Å²) < 4.78 is 5.13. The van der Waals surface area contributed by atoms with Crippen LogP contribution < -0.4 is 4.80 Å². The average molecular weight is 410 g/mol. The standard InChI is InChI=1S/C24H19N5S/c1-28-21-14-8-9-15-22(21)30-24(28)26-25-16-19-17-29(20-12-6-3-7-13-20)27-23(19)18-10-4-2-5-11-18/h2-17H,1H3/b25-16-,26-24+. The van der Waals surface area contributed by atoms with E-state index in [1.54, 1.807) is 17.6 Å². The molecule has 5 aromatic rings. The van der Waals surface area contributed by atoms with Crippen molar-refractivity contribution in [2.45, 2.75) is 0 Å². The summed E-state index contributed by atoms with van der Waals surface area (Å²) in [6, 6.07) is 28.5. The molecule has 0 N–H and O–H groups in total. The zero-order valence-electron chi connectivity index (χ0n) is 16.4. The number of hydrogen-bond donors (Lipinski definition) is 0. The van der Waals surface area contributed by atoms with Crippen molar-refractivity contribution >= 4 is 27.8 Å². The van der Waals surface area contributed by atoms with Crippen LogP contribution in [0.2, 0.25) is 0 Å². The topological polar surface area (TPSA) is 47.5 Å². The van der Waals surface area contributed by atoms with Crippen LogP contribution in [0.15, 0.2) is 101 Å². The number of aromatic nitrogens is 3. The molecule has 0 saturated carbocycles. The first kappa shape index (κ1) is 18.3. The minimum atomic E-state index is 0.851. The maximum Gasteiger partial charge on any atom is 0.211 e. The van der Waals surface area contributed by atoms with Gasteiger partial charge in [0.25, 0.3) is 0 Å². The molecule has 0 radical (unpaired) electrons. The van der Waals surface area contributed by atoms with Crippen LogP contribution in [0, 0.1) is 0 Å². The van der Waals surface area contributed by atoms with E-state index < -0.39 is 0 Å². The van der Waals surface area contributed by atoms with Crippen molar-refractivity contribution in [3.63, 3.8) is 0 Å². The summed E-state index contributed by atoms with van der Waals surface area (Å²) in [6.45, 7) is 0. The predicted molar refractivity (Wildman–Crippen MR) is 123 cm³/mol. The highest BCUT2D eigenvalue weighted by Crippen LogP contribution is 2.22. The second-order valence-corrected chi connectivity index (χ2v) is 7.84. The third-order valence-corrected chi connectivity index (χ3v) is 5.97. The van der Waals surface area contributed by atoms with Crippen molar-refractivity contribution in [2.24, 2.45) is 17.3 Å². The van der Waals surface area contributed by atoms with E-state index in [4.69, 9.17) is 5.10 Å². The highest BCUT2D eigenvalue weighted by Gasteiger charge is 2.10. The lowest BCUT2D eigenvalue weighted by molar-refractivity contribution is 0.884. The lowest BCUT2D eigenvalue weighted by Crippen LogP contribution is -2.08. The van der Waals surface area contributed by atoms with E-state index in [1.165, 1.54) is 4.70 Å². The fraction of sp³-hybridized carbons (Fsp3) is 0.0417. The first-order chi connectivity index (χ1) is 14.8. The largest absolute Gasteiger partial charge is 0.318 e. The van der Waals surface area contributed by atoms with Gasteiger partial charge in [0.2, 0.25) is 4.80 Å². The van der Waals surface area contributed by atoms with Gasteiger partial charge in [-0.2, -0.15) is 10.2 Å². The SMILES string of the molecule is Cn1/c(=N\N=C/c2cn(-c3ccccc3)nc2-c2ccccc2)sc2ccccc21. The first-order valence-electron chi connectivity index (χ1n) is 9.62. The van der Waals surface area contributed by atoms with Gasteiger partial charge in [-0.25, -0.2) is 4.68 Å². The quantitative estimate of drug-likeness (QED) is 0.303. The molecule has 0 aliphatic carbocycles. The van der Waals surface area contributed by atoms with Crippen LogP contribution in [-0.4, -0.2) is 20.6 Å². The molecule has 0 fully saturated rings. The number of rotatable bonds is 4. The Kier molecular flexibility index (Phi) is 4.83. The second-order valence-electron chi connectivity index (χ2n) is 6.84. The fourth-order valence-corrected chi connectivity index (χ4v) is 4.31. The summed E-state index contributed by atoms with van der Waals surface area (Å²) in [4.78, 5) is 0.851. The molecule has 0 spiro atoms.